The molecule has 0 aliphatic heterocycles. The Kier molecular flexibility index (Phi) is 7.45. The van der Waals surface area contributed by atoms with Crippen molar-refractivity contribution in [1.29, 1.82) is 0 Å². The molecule has 0 radical (unpaired) electrons. The first-order valence-corrected chi connectivity index (χ1v) is 11.3. The molecule has 2 amide bonds. The summed E-state index contributed by atoms with van der Waals surface area (Å²) in [5.41, 5.74) is 1.80. The zero-order chi connectivity index (χ0) is 23.0. The van der Waals surface area contributed by atoms with E-state index in [1.165, 1.54) is 0 Å². The van der Waals surface area contributed by atoms with Crippen molar-refractivity contribution in [3.05, 3.63) is 99.5 Å². The lowest BCUT2D eigenvalue weighted by atomic mass is 9.90. The Morgan fingerprint density at radius 1 is 0.970 bits per heavy atom. The standard InChI is InChI=1S/C23H21IN6O3/c24-18-13-27-30(14-18)15-19-28-23(33-29-19)22(32)26-12-11-25-21(31)20(16-7-3-1-4-8-16)17-9-5-2-6-10-17/h1-10,13-14,20H,11-12,15H2,(H,25,31)(H,26,32). The molecule has 0 atom stereocenters. The highest BCUT2D eigenvalue weighted by Crippen LogP contribution is 2.24. The third-order valence-corrected chi connectivity index (χ3v) is 5.36. The van der Waals surface area contributed by atoms with E-state index in [9.17, 15) is 9.59 Å². The monoisotopic (exact) mass is 556 g/mol. The number of nitrogens with zero attached hydrogens (tertiary/aromatic N) is 4. The lowest BCUT2D eigenvalue weighted by Crippen LogP contribution is -2.37. The molecule has 33 heavy (non-hydrogen) atoms. The van der Waals surface area contributed by atoms with E-state index in [1.807, 2.05) is 66.9 Å². The summed E-state index contributed by atoms with van der Waals surface area (Å²) in [6.45, 7) is 0.777. The van der Waals surface area contributed by atoms with E-state index in [2.05, 4.69) is 48.5 Å². The minimum absolute atomic E-state index is 0.135. The average Bonchev–Trinajstić information content (AvgIpc) is 3.47. The van der Waals surface area contributed by atoms with Crippen LogP contribution in [-0.4, -0.2) is 44.8 Å². The molecular formula is C23H21IN6O3. The van der Waals surface area contributed by atoms with Crippen LogP contribution >= 0.6 is 22.6 Å². The second kappa shape index (κ2) is 10.9. The molecule has 2 aromatic carbocycles. The molecule has 10 heteroatoms. The Bertz CT molecular complexity index is 1170. The number of hydrogen-bond acceptors (Lipinski definition) is 6. The van der Waals surface area contributed by atoms with Crippen molar-refractivity contribution >= 4 is 34.4 Å². The molecule has 0 aliphatic carbocycles. The Hall–Kier alpha value is -3.54. The van der Waals surface area contributed by atoms with Gasteiger partial charge in [-0.1, -0.05) is 65.8 Å². The van der Waals surface area contributed by atoms with Gasteiger partial charge in [-0.15, -0.1) is 0 Å². The summed E-state index contributed by atoms with van der Waals surface area (Å²) in [7, 11) is 0. The molecule has 168 valence electrons. The maximum Gasteiger partial charge on any atom is 0.316 e. The minimum Gasteiger partial charge on any atom is -0.354 e. The summed E-state index contributed by atoms with van der Waals surface area (Å²) in [5, 5.41) is 13.5. The van der Waals surface area contributed by atoms with E-state index in [1.54, 1.807) is 10.9 Å². The van der Waals surface area contributed by atoms with Gasteiger partial charge in [-0.2, -0.15) is 10.1 Å². The number of carbonyl (C=O) groups excluding carboxylic acids is 2. The van der Waals surface area contributed by atoms with Crippen LogP contribution in [0.2, 0.25) is 0 Å². The molecule has 2 aromatic heterocycles. The summed E-state index contributed by atoms with van der Waals surface area (Å²) < 4.78 is 7.67. The quantitative estimate of drug-likeness (QED) is 0.242. The van der Waals surface area contributed by atoms with Gasteiger partial charge in [0, 0.05) is 19.3 Å². The second-order valence-corrected chi connectivity index (χ2v) is 8.42. The van der Waals surface area contributed by atoms with E-state index in [0.29, 0.717) is 12.4 Å². The summed E-state index contributed by atoms with van der Waals surface area (Å²) >= 11 is 2.15. The molecule has 4 rings (SSSR count). The molecule has 2 heterocycles. The van der Waals surface area contributed by atoms with Crippen LogP contribution in [0.1, 0.15) is 33.6 Å². The predicted molar refractivity (Wildman–Crippen MR) is 128 cm³/mol. The molecule has 0 spiro atoms. The van der Waals surface area contributed by atoms with E-state index < -0.39 is 11.8 Å². The number of aromatic nitrogens is 4. The summed E-state index contributed by atoms with van der Waals surface area (Å²) in [6, 6.07) is 19.2. The van der Waals surface area contributed by atoms with Crippen molar-refractivity contribution in [1.82, 2.24) is 30.6 Å². The van der Waals surface area contributed by atoms with Crippen LogP contribution in [0.5, 0.6) is 0 Å². The molecule has 0 aliphatic rings. The normalized spacial score (nSPS) is 10.8. The topological polar surface area (TPSA) is 115 Å². The molecule has 4 aromatic rings. The molecule has 0 unspecified atom stereocenters. The third-order valence-electron chi connectivity index (χ3n) is 4.81. The van der Waals surface area contributed by atoms with E-state index in [0.717, 1.165) is 14.7 Å². The highest BCUT2D eigenvalue weighted by molar-refractivity contribution is 14.1. The van der Waals surface area contributed by atoms with Crippen LogP contribution < -0.4 is 10.6 Å². The molecular weight excluding hydrogens is 535 g/mol. The summed E-state index contributed by atoms with van der Waals surface area (Å²) in [4.78, 5) is 29.4. The molecule has 0 fully saturated rings. The first-order chi connectivity index (χ1) is 16.1. The van der Waals surface area contributed by atoms with Gasteiger partial charge in [0.1, 0.15) is 6.54 Å². The Balaban J connectivity index is 1.29. The maximum absolute atomic E-state index is 13.0. The van der Waals surface area contributed by atoms with Crippen molar-refractivity contribution < 1.29 is 14.1 Å². The van der Waals surface area contributed by atoms with Gasteiger partial charge in [0.25, 0.3) is 0 Å². The Morgan fingerprint density at radius 2 is 1.61 bits per heavy atom. The first kappa shape index (κ1) is 22.6. The lowest BCUT2D eigenvalue weighted by molar-refractivity contribution is -0.121. The number of benzene rings is 2. The van der Waals surface area contributed by atoms with Gasteiger partial charge in [-0.3, -0.25) is 14.3 Å². The van der Waals surface area contributed by atoms with Crippen LogP contribution in [-0.2, 0) is 11.3 Å². The van der Waals surface area contributed by atoms with Gasteiger partial charge in [-0.05, 0) is 33.7 Å². The number of rotatable bonds is 9. The highest BCUT2D eigenvalue weighted by atomic mass is 127. The lowest BCUT2D eigenvalue weighted by Gasteiger charge is -2.18. The fourth-order valence-electron chi connectivity index (χ4n) is 3.31. The molecule has 0 saturated carbocycles. The molecule has 2 N–H and O–H groups in total. The number of hydrogen-bond donors (Lipinski definition) is 2. The van der Waals surface area contributed by atoms with Crippen molar-refractivity contribution in [2.24, 2.45) is 0 Å². The predicted octanol–water partition coefficient (Wildman–Crippen LogP) is 2.60. The van der Waals surface area contributed by atoms with Crippen LogP contribution in [0.4, 0.5) is 0 Å². The number of halogens is 1. The van der Waals surface area contributed by atoms with Crippen LogP contribution in [0.15, 0.2) is 77.6 Å². The maximum atomic E-state index is 13.0. The fraction of sp³-hybridized carbons (Fsp3) is 0.174. The van der Waals surface area contributed by atoms with Crippen molar-refractivity contribution in [2.75, 3.05) is 13.1 Å². The van der Waals surface area contributed by atoms with Crippen molar-refractivity contribution in [3.8, 4) is 0 Å². The van der Waals surface area contributed by atoms with Gasteiger partial charge < -0.3 is 15.2 Å². The number of amides is 2. The third kappa shape index (κ3) is 6.04. The smallest absolute Gasteiger partial charge is 0.316 e. The molecule has 0 bridgehead atoms. The minimum atomic E-state index is -0.499. The Morgan fingerprint density at radius 3 is 2.21 bits per heavy atom. The van der Waals surface area contributed by atoms with Gasteiger partial charge in [0.2, 0.25) is 5.91 Å². The number of carbonyl (C=O) groups is 2. The summed E-state index contributed by atoms with van der Waals surface area (Å²) in [5.74, 6) is -0.866. The van der Waals surface area contributed by atoms with Gasteiger partial charge in [0.05, 0.1) is 15.7 Å². The largest absolute Gasteiger partial charge is 0.354 e. The summed E-state index contributed by atoms with van der Waals surface area (Å²) in [6.07, 6.45) is 3.54. The van der Waals surface area contributed by atoms with Crippen LogP contribution in [0.25, 0.3) is 0 Å². The van der Waals surface area contributed by atoms with Gasteiger partial charge >= 0.3 is 11.8 Å². The SMILES string of the molecule is O=C(NCCNC(=O)C(c1ccccc1)c1ccccc1)c1nc(Cn2cc(I)cn2)no1. The van der Waals surface area contributed by atoms with E-state index in [4.69, 9.17) is 4.52 Å². The Labute approximate surface area is 203 Å². The van der Waals surface area contributed by atoms with Gasteiger partial charge in [0.15, 0.2) is 5.82 Å². The zero-order valence-corrected chi connectivity index (χ0v) is 19.7. The second-order valence-electron chi connectivity index (χ2n) is 7.17. The zero-order valence-electron chi connectivity index (χ0n) is 17.5. The van der Waals surface area contributed by atoms with Crippen molar-refractivity contribution in [3.63, 3.8) is 0 Å². The fourth-order valence-corrected chi connectivity index (χ4v) is 3.75. The van der Waals surface area contributed by atoms with E-state index in [-0.39, 0.29) is 24.9 Å². The van der Waals surface area contributed by atoms with Crippen molar-refractivity contribution in [2.45, 2.75) is 12.5 Å². The molecule has 0 saturated heterocycles. The van der Waals surface area contributed by atoms with Crippen LogP contribution in [0.3, 0.4) is 0 Å². The average molecular weight is 556 g/mol. The van der Waals surface area contributed by atoms with Gasteiger partial charge in [-0.25, -0.2) is 0 Å². The van der Waals surface area contributed by atoms with Crippen LogP contribution in [0, 0.1) is 3.57 Å². The number of nitrogens with one attached hydrogen (secondary N) is 2. The highest BCUT2D eigenvalue weighted by Gasteiger charge is 2.22. The first-order valence-electron chi connectivity index (χ1n) is 10.3. The molecule has 9 nitrogen and oxygen atoms in total. The van der Waals surface area contributed by atoms with E-state index >= 15 is 0 Å².